The average Bonchev–Trinajstić information content (AvgIpc) is 3.18. The van der Waals surface area contributed by atoms with E-state index in [4.69, 9.17) is 0 Å². The number of amides is 2. The summed E-state index contributed by atoms with van der Waals surface area (Å²) < 4.78 is 0. The molecule has 1 aromatic carbocycles. The third-order valence-electron chi connectivity index (χ3n) is 6.22. The number of likely N-dealkylation sites (tertiary alicyclic amines) is 2. The van der Waals surface area contributed by atoms with Gasteiger partial charge in [-0.25, -0.2) is 0 Å². The quantitative estimate of drug-likeness (QED) is 0.800. The Morgan fingerprint density at radius 1 is 1.07 bits per heavy atom. The van der Waals surface area contributed by atoms with Crippen molar-refractivity contribution in [1.82, 2.24) is 15.1 Å². The molecule has 1 aromatic rings. The van der Waals surface area contributed by atoms with E-state index in [1.54, 1.807) is 0 Å². The fourth-order valence-corrected chi connectivity index (χ4v) is 4.45. The molecule has 3 rings (SSSR count). The van der Waals surface area contributed by atoms with Crippen molar-refractivity contribution in [2.45, 2.75) is 46.5 Å². The lowest BCUT2D eigenvalue weighted by Gasteiger charge is -2.36. The fourth-order valence-electron chi connectivity index (χ4n) is 4.45. The van der Waals surface area contributed by atoms with Crippen LogP contribution in [0.4, 0.5) is 0 Å². The van der Waals surface area contributed by atoms with Crippen molar-refractivity contribution in [3.8, 4) is 0 Å². The Bertz CT molecular complexity index is 683. The van der Waals surface area contributed by atoms with E-state index >= 15 is 0 Å². The molecule has 0 bridgehead atoms. The Morgan fingerprint density at radius 3 is 2.55 bits per heavy atom. The first kappa shape index (κ1) is 21.8. The summed E-state index contributed by atoms with van der Waals surface area (Å²) in [6.45, 7) is 11.2. The Hall–Kier alpha value is -1.88. The van der Waals surface area contributed by atoms with E-state index in [0.29, 0.717) is 12.5 Å². The minimum absolute atomic E-state index is 0.0642. The first-order valence-corrected chi connectivity index (χ1v) is 11.2. The highest BCUT2D eigenvalue weighted by Crippen LogP contribution is 2.24. The lowest BCUT2D eigenvalue weighted by atomic mass is 9.91. The van der Waals surface area contributed by atoms with Crippen molar-refractivity contribution in [3.63, 3.8) is 0 Å². The van der Waals surface area contributed by atoms with Crippen LogP contribution in [0.25, 0.3) is 0 Å². The number of carbonyl (C=O) groups excluding carboxylic acids is 2. The minimum Gasteiger partial charge on any atom is -0.355 e. The molecule has 2 aliphatic rings. The molecule has 0 aromatic heterocycles. The zero-order chi connectivity index (χ0) is 20.9. The smallest absolute Gasteiger partial charge is 0.227 e. The lowest BCUT2D eigenvalue weighted by Crippen LogP contribution is -2.49. The van der Waals surface area contributed by atoms with Gasteiger partial charge in [-0.15, -0.1) is 0 Å². The van der Waals surface area contributed by atoms with Gasteiger partial charge in [-0.2, -0.15) is 0 Å². The summed E-state index contributed by atoms with van der Waals surface area (Å²) in [5, 5.41) is 3.18. The average molecular weight is 400 g/mol. The Balaban J connectivity index is 1.38. The molecular weight excluding hydrogens is 362 g/mol. The van der Waals surface area contributed by atoms with Gasteiger partial charge in [0.05, 0.1) is 5.92 Å². The summed E-state index contributed by atoms with van der Waals surface area (Å²) in [6, 6.07) is 10.6. The molecule has 2 heterocycles. The maximum atomic E-state index is 12.7. The van der Waals surface area contributed by atoms with Gasteiger partial charge < -0.3 is 15.1 Å². The number of nitrogens with one attached hydrogen (secondary N) is 1. The second-order valence-corrected chi connectivity index (χ2v) is 9.78. The van der Waals surface area contributed by atoms with Crippen molar-refractivity contribution >= 4 is 11.8 Å². The molecule has 5 nitrogen and oxygen atoms in total. The van der Waals surface area contributed by atoms with Gasteiger partial charge in [-0.1, -0.05) is 51.1 Å². The Labute approximate surface area is 175 Å². The van der Waals surface area contributed by atoms with Gasteiger partial charge in [0.2, 0.25) is 11.8 Å². The van der Waals surface area contributed by atoms with Gasteiger partial charge in [0.1, 0.15) is 0 Å². The van der Waals surface area contributed by atoms with Gasteiger partial charge in [0, 0.05) is 38.1 Å². The summed E-state index contributed by atoms with van der Waals surface area (Å²) in [7, 11) is 0. The summed E-state index contributed by atoms with van der Waals surface area (Å²) in [5.41, 5.74) is 1.00. The largest absolute Gasteiger partial charge is 0.355 e. The van der Waals surface area contributed by atoms with Crippen LogP contribution in [0.1, 0.15) is 45.6 Å². The number of rotatable bonds is 6. The molecule has 0 radical (unpaired) electrons. The van der Waals surface area contributed by atoms with E-state index in [1.807, 2.05) is 25.7 Å². The highest BCUT2D eigenvalue weighted by atomic mass is 16.2. The van der Waals surface area contributed by atoms with E-state index < -0.39 is 0 Å². The molecule has 5 heteroatoms. The molecule has 160 valence electrons. The van der Waals surface area contributed by atoms with Crippen molar-refractivity contribution < 1.29 is 9.59 Å². The number of piperidine rings is 1. The number of nitrogens with zero attached hydrogens (tertiary/aromatic N) is 2. The van der Waals surface area contributed by atoms with E-state index in [0.717, 1.165) is 58.4 Å². The number of benzene rings is 1. The zero-order valence-electron chi connectivity index (χ0n) is 18.3. The molecule has 2 atom stereocenters. The number of carbonyl (C=O) groups is 2. The SMILES string of the molecule is CC(C)(C)C(=O)N1CCCC(C(=O)NCC2CCN(CCc3ccccc3)C2)C1. The van der Waals surface area contributed by atoms with Gasteiger partial charge >= 0.3 is 0 Å². The lowest BCUT2D eigenvalue weighted by molar-refractivity contribution is -0.142. The molecule has 0 spiro atoms. The van der Waals surface area contributed by atoms with E-state index in [9.17, 15) is 9.59 Å². The molecule has 2 fully saturated rings. The summed E-state index contributed by atoms with van der Waals surface area (Å²) in [5.74, 6) is 0.746. The van der Waals surface area contributed by atoms with Crippen LogP contribution in [-0.2, 0) is 16.0 Å². The fraction of sp³-hybridized carbons (Fsp3) is 0.667. The van der Waals surface area contributed by atoms with Crippen molar-refractivity contribution in [2.75, 3.05) is 39.3 Å². The Morgan fingerprint density at radius 2 is 1.83 bits per heavy atom. The predicted molar refractivity (Wildman–Crippen MR) is 116 cm³/mol. The molecular formula is C24H37N3O2. The maximum absolute atomic E-state index is 12.7. The minimum atomic E-state index is -0.384. The van der Waals surface area contributed by atoms with Crippen LogP contribution in [0.5, 0.6) is 0 Å². The topological polar surface area (TPSA) is 52.7 Å². The molecule has 29 heavy (non-hydrogen) atoms. The second-order valence-electron chi connectivity index (χ2n) is 9.78. The van der Waals surface area contributed by atoms with Crippen LogP contribution < -0.4 is 5.32 Å². The maximum Gasteiger partial charge on any atom is 0.227 e. The highest BCUT2D eigenvalue weighted by Gasteiger charge is 2.33. The molecule has 2 aliphatic heterocycles. The molecule has 1 N–H and O–H groups in total. The standard InChI is InChI=1S/C24H37N3O2/c1-24(2,3)23(29)27-13-7-10-21(18-27)22(28)25-16-20-12-15-26(17-20)14-11-19-8-5-4-6-9-19/h4-6,8-9,20-21H,7,10-18H2,1-3H3,(H,25,28). The second kappa shape index (κ2) is 9.75. The van der Waals surface area contributed by atoms with Crippen LogP contribution >= 0.6 is 0 Å². The van der Waals surface area contributed by atoms with Crippen molar-refractivity contribution in [3.05, 3.63) is 35.9 Å². The Kier molecular flexibility index (Phi) is 7.33. The van der Waals surface area contributed by atoms with E-state index in [-0.39, 0.29) is 23.1 Å². The van der Waals surface area contributed by atoms with E-state index in [2.05, 4.69) is 40.5 Å². The van der Waals surface area contributed by atoms with Crippen LogP contribution in [0.3, 0.4) is 0 Å². The molecule has 2 amide bonds. The van der Waals surface area contributed by atoms with E-state index in [1.165, 1.54) is 5.56 Å². The van der Waals surface area contributed by atoms with Gasteiger partial charge in [-0.3, -0.25) is 9.59 Å². The first-order valence-electron chi connectivity index (χ1n) is 11.2. The van der Waals surface area contributed by atoms with Gasteiger partial charge in [0.25, 0.3) is 0 Å². The molecule has 0 aliphatic carbocycles. The van der Waals surface area contributed by atoms with Crippen molar-refractivity contribution in [2.24, 2.45) is 17.3 Å². The molecule has 2 unspecified atom stereocenters. The van der Waals surface area contributed by atoms with Crippen LogP contribution in [0.15, 0.2) is 30.3 Å². The van der Waals surface area contributed by atoms with Crippen molar-refractivity contribution in [1.29, 1.82) is 0 Å². The monoisotopic (exact) mass is 399 g/mol. The third-order valence-corrected chi connectivity index (χ3v) is 6.22. The molecule has 2 saturated heterocycles. The predicted octanol–water partition coefficient (Wildman–Crippen LogP) is 2.95. The summed E-state index contributed by atoms with van der Waals surface area (Å²) >= 11 is 0. The van der Waals surface area contributed by atoms with Crippen LogP contribution in [0.2, 0.25) is 0 Å². The summed E-state index contributed by atoms with van der Waals surface area (Å²) in [6.07, 6.45) is 4.03. The van der Waals surface area contributed by atoms with Gasteiger partial charge in [-0.05, 0) is 43.7 Å². The van der Waals surface area contributed by atoms with Gasteiger partial charge in [0.15, 0.2) is 0 Å². The van der Waals surface area contributed by atoms with Crippen LogP contribution in [0, 0.1) is 17.3 Å². The zero-order valence-corrected chi connectivity index (χ0v) is 18.3. The number of hydrogen-bond donors (Lipinski definition) is 1. The highest BCUT2D eigenvalue weighted by molar-refractivity contribution is 5.83. The normalized spacial score (nSPS) is 23.2. The third kappa shape index (κ3) is 6.30. The number of hydrogen-bond acceptors (Lipinski definition) is 3. The first-order chi connectivity index (χ1) is 13.8. The summed E-state index contributed by atoms with van der Waals surface area (Å²) in [4.78, 5) is 29.6. The molecule has 0 saturated carbocycles. The van der Waals surface area contributed by atoms with Crippen LogP contribution in [-0.4, -0.2) is 60.9 Å².